The van der Waals surface area contributed by atoms with Crippen molar-refractivity contribution in [3.05, 3.63) is 78.0 Å². The third-order valence-corrected chi connectivity index (χ3v) is 4.16. The number of nitrogens with one attached hydrogen (secondary N) is 2. The molecule has 0 saturated carbocycles. The molecule has 0 aliphatic heterocycles. The van der Waals surface area contributed by atoms with Crippen LogP contribution in [0, 0.1) is 13.8 Å². The van der Waals surface area contributed by atoms with Crippen molar-refractivity contribution in [2.24, 2.45) is 0 Å². The van der Waals surface area contributed by atoms with Crippen molar-refractivity contribution in [2.75, 3.05) is 11.9 Å². The molecule has 2 aromatic carbocycles. The summed E-state index contributed by atoms with van der Waals surface area (Å²) in [5.41, 5.74) is 5.32. The second-order valence-corrected chi connectivity index (χ2v) is 5.96. The van der Waals surface area contributed by atoms with Crippen molar-refractivity contribution >= 4 is 40.6 Å². The van der Waals surface area contributed by atoms with Crippen LogP contribution in [0.5, 0.6) is 0 Å². The van der Waals surface area contributed by atoms with Crippen LogP contribution >= 0.6 is 12.4 Å². The van der Waals surface area contributed by atoms with Gasteiger partial charge in [-0.3, -0.25) is 9.78 Å². The quantitative estimate of drug-likeness (QED) is 0.628. The van der Waals surface area contributed by atoms with E-state index in [4.69, 9.17) is 0 Å². The zero-order valence-electron chi connectivity index (χ0n) is 14.9. The molecule has 0 atom stereocenters. The highest BCUT2D eigenvalue weighted by atomic mass is 35.5. The molecule has 1 amide bonds. The number of carbonyl (C=O) groups is 1. The molecule has 4 nitrogen and oxygen atoms in total. The van der Waals surface area contributed by atoms with E-state index in [9.17, 15) is 4.79 Å². The second kappa shape index (κ2) is 8.50. The van der Waals surface area contributed by atoms with Gasteiger partial charge in [0.15, 0.2) is 0 Å². The Labute approximate surface area is 159 Å². The van der Waals surface area contributed by atoms with Gasteiger partial charge in [0.1, 0.15) is 0 Å². The molecule has 0 aliphatic carbocycles. The summed E-state index contributed by atoms with van der Waals surface area (Å²) in [5.74, 6) is -0.174. The summed E-state index contributed by atoms with van der Waals surface area (Å²) >= 11 is 0. The number of nitrogens with zero attached hydrogens (tertiary/aromatic N) is 1. The average Bonchev–Trinajstić information content (AvgIpc) is 2.62. The third-order valence-electron chi connectivity index (χ3n) is 4.16. The summed E-state index contributed by atoms with van der Waals surface area (Å²) in [6.07, 6.45) is 3.29. The highest BCUT2D eigenvalue weighted by molar-refractivity contribution is 6.08. The second-order valence-electron chi connectivity index (χ2n) is 5.96. The number of halogens is 1. The van der Waals surface area contributed by atoms with Gasteiger partial charge in [0, 0.05) is 23.8 Å². The van der Waals surface area contributed by atoms with Gasteiger partial charge in [-0.2, -0.15) is 0 Å². The molecule has 0 spiro atoms. The summed E-state index contributed by atoms with van der Waals surface area (Å²) in [7, 11) is 0. The number of benzene rings is 2. The van der Waals surface area contributed by atoms with E-state index in [1.54, 1.807) is 12.3 Å². The zero-order valence-corrected chi connectivity index (χ0v) is 15.7. The van der Waals surface area contributed by atoms with Crippen LogP contribution in [0.15, 0.2) is 61.3 Å². The topological polar surface area (TPSA) is 54.0 Å². The van der Waals surface area contributed by atoms with Crippen molar-refractivity contribution in [3.63, 3.8) is 0 Å². The van der Waals surface area contributed by atoms with Gasteiger partial charge in [0.2, 0.25) is 0 Å². The van der Waals surface area contributed by atoms with Gasteiger partial charge in [-0.15, -0.1) is 19.0 Å². The van der Waals surface area contributed by atoms with Crippen LogP contribution in [-0.4, -0.2) is 17.4 Å². The lowest BCUT2D eigenvalue weighted by Crippen LogP contribution is -2.24. The summed E-state index contributed by atoms with van der Waals surface area (Å²) in [4.78, 5) is 17.1. The Balaban J connectivity index is 0.00000243. The van der Waals surface area contributed by atoms with Crippen molar-refractivity contribution in [1.29, 1.82) is 0 Å². The predicted octanol–water partition coefficient (Wildman–Crippen LogP) is 4.93. The maximum atomic E-state index is 12.6. The molecule has 2 N–H and O–H groups in total. The molecule has 0 unspecified atom stereocenters. The van der Waals surface area contributed by atoms with Crippen LogP contribution in [0.3, 0.4) is 0 Å². The van der Waals surface area contributed by atoms with E-state index in [0.717, 1.165) is 33.4 Å². The van der Waals surface area contributed by atoms with Crippen LogP contribution in [0.1, 0.15) is 21.5 Å². The minimum atomic E-state index is -0.174. The van der Waals surface area contributed by atoms with Crippen molar-refractivity contribution in [1.82, 2.24) is 10.3 Å². The lowest BCUT2D eigenvalue weighted by atomic mass is 10.0. The fraction of sp³-hybridized carbons (Fsp3) is 0.143. The number of rotatable bonds is 5. The lowest BCUT2D eigenvalue weighted by Gasteiger charge is -2.16. The molecule has 0 aliphatic rings. The van der Waals surface area contributed by atoms with E-state index in [-0.39, 0.29) is 18.3 Å². The van der Waals surface area contributed by atoms with Gasteiger partial charge < -0.3 is 10.6 Å². The summed E-state index contributed by atoms with van der Waals surface area (Å²) < 4.78 is 0. The number of carbonyl (C=O) groups excluding carboxylic acids is 1. The number of hydrogen-bond donors (Lipinski definition) is 2. The standard InChI is InChI=1S/C21H21N3O.ClH/c1-4-12-22-21(25)17-13-23-19-15(3)9-7-10-16(19)20(17)24-18-11-6-5-8-14(18)2;/h4-11,13H,1,12H2,2-3H3,(H,22,25)(H,23,24);1H. The van der Waals surface area contributed by atoms with Crippen molar-refractivity contribution in [3.8, 4) is 0 Å². The summed E-state index contributed by atoms with van der Waals surface area (Å²) in [6, 6.07) is 14.0. The number of para-hydroxylation sites is 2. The van der Waals surface area contributed by atoms with E-state index in [1.165, 1.54) is 0 Å². The van der Waals surface area contributed by atoms with Crippen LogP contribution < -0.4 is 10.6 Å². The van der Waals surface area contributed by atoms with Crippen LogP contribution in [0.4, 0.5) is 11.4 Å². The maximum Gasteiger partial charge on any atom is 0.255 e. The molecule has 134 valence electrons. The van der Waals surface area contributed by atoms with Gasteiger partial charge in [-0.05, 0) is 31.0 Å². The van der Waals surface area contributed by atoms with E-state index in [1.807, 2.05) is 56.3 Å². The number of fused-ring (bicyclic) bond motifs is 1. The first-order valence-electron chi connectivity index (χ1n) is 8.22. The molecule has 0 fully saturated rings. The smallest absolute Gasteiger partial charge is 0.255 e. The minimum absolute atomic E-state index is 0. The average molecular weight is 368 g/mol. The molecule has 5 heteroatoms. The Kier molecular flexibility index (Phi) is 6.36. The Morgan fingerprint density at radius 3 is 2.58 bits per heavy atom. The largest absolute Gasteiger partial charge is 0.354 e. The molecule has 0 saturated heterocycles. The van der Waals surface area contributed by atoms with E-state index >= 15 is 0 Å². The first kappa shape index (κ1) is 19.5. The van der Waals surface area contributed by atoms with Gasteiger partial charge in [-0.25, -0.2) is 0 Å². The Morgan fingerprint density at radius 1 is 1.12 bits per heavy atom. The van der Waals surface area contributed by atoms with E-state index in [2.05, 4.69) is 22.2 Å². The normalized spacial score (nSPS) is 10.1. The van der Waals surface area contributed by atoms with Gasteiger partial charge in [-0.1, -0.05) is 42.5 Å². The van der Waals surface area contributed by atoms with Crippen LogP contribution in [0.2, 0.25) is 0 Å². The number of pyridine rings is 1. The first-order chi connectivity index (χ1) is 12.1. The number of aromatic nitrogens is 1. The van der Waals surface area contributed by atoms with E-state index in [0.29, 0.717) is 12.1 Å². The third kappa shape index (κ3) is 3.86. The molecule has 0 bridgehead atoms. The van der Waals surface area contributed by atoms with Crippen molar-refractivity contribution < 1.29 is 4.79 Å². The molecule has 1 heterocycles. The van der Waals surface area contributed by atoms with Gasteiger partial charge >= 0.3 is 0 Å². The van der Waals surface area contributed by atoms with Crippen molar-refractivity contribution in [2.45, 2.75) is 13.8 Å². The SMILES string of the molecule is C=CCNC(=O)c1cnc2c(C)cccc2c1Nc1ccccc1C.Cl. The molecule has 3 rings (SSSR count). The maximum absolute atomic E-state index is 12.6. The minimum Gasteiger partial charge on any atom is -0.354 e. The lowest BCUT2D eigenvalue weighted by molar-refractivity contribution is 0.0958. The molecular formula is C21H22ClN3O. The number of hydrogen-bond acceptors (Lipinski definition) is 3. The molecule has 3 aromatic rings. The Bertz CT molecular complexity index is 953. The number of anilines is 2. The van der Waals surface area contributed by atoms with Gasteiger partial charge in [0.25, 0.3) is 5.91 Å². The first-order valence-corrected chi connectivity index (χ1v) is 8.22. The molecule has 1 aromatic heterocycles. The van der Waals surface area contributed by atoms with Gasteiger partial charge in [0.05, 0.1) is 16.8 Å². The monoisotopic (exact) mass is 367 g/mol. The predicted molar refractivity (Wildman–Crippen MR) is 111 cm³/mol. The highest BCUT2D eigenvalue weighted by Crippen LogP contribution is 2.31. The Morgan fingerprint density at radius 2 is 1.85 bits per heavy atom. The molecule has 0 radical (unpaired) electrons. The molecule has 26 heavy (non-hydrogen) atoms. The zero-order chi connectivity index (χ0) is 17.8. The fourth-order valence-corrected chi connectivity index (χ4v) is 2.79. The number of amides is 1. The summed E-state index contributed by atoms with van der Waals surface area (Å²) in [5, 5.41) is 7.20. The van der Waals surface area contributed by atoms with Crippen LogP contribution in [-0.2, 0) is 0 Å². The summed E-state index contributed by atoms with van der Waals surface area (Å²) in [6.45, 7) is 8.11. The Hall–Kier alpha value is -2.85. The highest BCUT2D eigenvalue weighted by Gasteiger charge is 2.16. The van der Waals surface area contributed by atoms with Crippen LogP contribution in [0.25, 0.3) is 10.9 Å². The fourth-order valence-electron chi connectivity index (χ4n) is 2.79. The van der Waals surface area contributed by atoms with E-state index < -0.39 is 0 Å². The molecular weight excluding hydrogens is 346 g/mol. The number of aryl methyl sites for hydroxylation is 2.